The Hall–Kier alpha value is -2.58. The summed E-state index contributed by atoms with van der Waals surface area (Å²) in [4.78, 5) is 15.8. The lowest BCUT2D eigenvalue weighted by Gasteiger charge is -2.37. The van der Waals surface area contributed by atoms with Crippen molar-refractivity contribution in [2.24, 2.45) is 5.92 Å². The average Bonchev–Trinajstić information content (AvgIpc) is 3.35. The van der Waals surface area contributed by atoms with E-state index in [1.54, 1.807) is 0 Å². The SMILES string of the molecule is CC(C(Cc1ccc(Cl)cc1)c1ccccc1)N(C(=O)C1CCCC1)c1ccccc1. The quantitative estimate of drug-likeness (QED) is 0.385. The Morgan fingerprint density at radius 2 is 1.48 bits per heavy atom. The topological polar surface area (TPSA) is 20.3 Å². The Labute approximate surface area is 190 Å². The lowest BCUT2D eigenvalue weighted by Crippen LogP contribution is -2.45. The van der Waals surface area contributed by atoms with Gasteiger partial charge in [0.1, 0.15) is 0 Å². The molecular formula is C28H30ClNO. The third-order valence-corrected chi connectivity index (χ3v) is 6.81. The number of hydrogen-bond donors (Lipinski definition) is 0. The molecule has 0 bridgehead atoms. The molecule has 3 aromatic carbocycles. The van der Waals surface area contributed by atoms with Crippen molar-refractivity contribution in [3.63, 3.8) is 0 Å². The van der Waals surface area contributed by atoms with Gasteiger partial charge >= 0.3 is 0 Å². The number of amides is 1. The van der Waals surface area contributed by atoms with E-state index in [2.05, 4.69) is 60.4 Å². The molecule has 0 aromatic heterocycles. The molecule has 2 atom stereocenters. The zero-order chi connectivity index (χ0) is 21.6. The van der Waals surface area contributed by atoms with Crippen LogP contribution in [0.4, 0.5) is 5.69 Å². The number of hydrogen-bond acceptors (Lipinski definition) is 1. The maximum Gasteiger partial charge on any atom is 0.230 e. The lowest BCUT2D eigenvalue weighted by atomic mass is 9.85. The zero-order valence-corrected chi connectivity index (χ0v) is 18.8. The monoisotopic (exact) mass is 431 g/mol. The zero-order valence-electron chi connectivity index (χ0n) is 18.1. The second-order valence-corrected chi connectivity index (χ2v) is 9.05. The fourth-order valence-corrected chi connectivity index (χ4v) is 4.97. The van der Waals surface area contributed by atoms with Crippen LogP contribution in [0.2, 0.25) is 5.02 Å². The lowest BCUT2D eigenvalue weighted by molar-refractivity contribution is -0.122. The number of benzene rings is 3. The van der Waals surface area contributed by atoms with Gasteiger partial charge in [0.2, 0.25) is 5.91 Å². The first-order valence-corrected chi connectivity index (χ1v) is 11.7. The summed E-state index contributed by atoms with van der Waals surface area (Å²) >= 11 is 6.12. The minimum Gasteiger partial charge on any atom is -0.309 e. The molecule has 0 aliphatic heterocycles. The van der Waals surface area contributed by atoms with Crippen molar-refractivity contribution in [2.75, 3.05) is 4.90 Å². The van der Waals surface area contributed by atoms with Crippen molar-refractivity contribution in [3.8, 4) is 0 Å². The van der Waals surface area contributed by atoms with Crippen LogP contribution in [0.3, 0.4) is 0 Å². The first-order chi connectivity index (χ1) is 15.1. The van der Waals surface area contributed by atoms with Gasteiger partial charge in [-0.3, -0.25) is 4.79 Å². The Kier molecular flexibility index (Phi) is 7.09. The third kappa shape index (κ3) is 5.19. The van der Waals surface area contributed by atoms with Crippen LogP contribution in [0.25, 0.3) is 0 Å². The van der Waals surface area contributed by atoms with E-state index < -0.39 is 0 Å². The fourth-order valence-electron chi connectivity index (χ4n) is 4.84. The van der Waals surface area contributed by atoms with Crippen molar-refractivity contribution >= 4 is 23.2 Å². The Morgan fingerprint density at radius 3 is 2.10 bits per heavy atom. The van der Waals surface area contributed by atoms with E-state index in [4.69, 9.17) is 11.6 Å². The Morgan fingerprint density at radius 1 is 0.903 bits per heavy atom. The first-order valence-electron chi connectivity index (χ1n) is 11.3. The second-order valence-electron chi connectivity index (χ2n) is 8.61. The molecule has 1 amide bonds. The largest absolute Gasteiger partial charge is 0.309 e. The highest BCUT2D eigenvalue weighted by atomic mass is 35.5. The van der Waals surface area contributed by atoms with Gasteiger partial charge < -0.3 is 4.90 Å². The molecule has 4 rings (SSSR count). The third-order valence-electron chi connectivity index (χ3n) is 6.56. The van der Waals surface area contributed by atoms with E-state index in [9.17, 15) is 4.79 Å². The van der Waals surface area contributed by atoms with Crippen LogP contribution in [0, 0.1) is 5.92 Å². The molecule has 2 nitrogen and oxygen atoms in total. The normalized spacial score (nSPS) is 16.1. The van der Waals surface area contributed by atoms with Gasteiger partial charge in [-0.05, 0) is 61.6 Å². The molecule has 3 heteroatoms. The smallest absolute Gasteiger partial charge is 0.230 e. The molecule has 3 aromatic rings. The van der Waals surface area contributed by atoms with Crippen LogP contribution in [0.1, 0.15) is 49.7 Å². The molecule has 0 saturated heterocycles. The number of anilines is 1. The van der Waals surface area contributed by atoms with E-state index in [1.807, 2.05) is 36.4 Å². The van der Waals surface area contributed by atoms with Crippen molar-refractivity contribution in [1.29, 1.82) is 0 Å². The number of para-hydroxylation sites is 1. The second kappa shape index (κ2) is 10.2. The summed E-state index contributed by atoms with van der Waals surface area (Å²) in [5.41, 5.74) is 3.47. The summed E-state index contributed by atoms with van der Waals surface area (Å²) < 4.78 is 0. The van der Waals surface area contributed by atoms with E-state index in [-0.39, 0.29) is 23.8 Å². The molecule has 1 aliphatic carbocycles. The van der Waals surface area contributed by atoms with E-state index >= 15 is 0 Å². The molecule has 0 radical (unpaired) electrons. The fraction of sp³-hybridized carbons (Fsp3) is 0.321. The van der Waals surface area contributed by atoms with Crippen LogP contribution in [0.15, 0.2) is 84.9 Å². The number of halogens is 1. The molecule has 0 heterocycles. The van der Waals surface area contributed by atoms with E-state index in [1.165, 1.54) is 11.1 Å². The molecule has 31 heavy (non-hydrogen) atoms. The number of carbonyl (C=O) groups is 1. The molecular weight excluding hydrogens is 402 g/mol. The number of nitrogens with zero attached hydrogens (tertiary/aromatic N) is 1. The molecule has 0 spiro atoms. The van der Waals surface area contributed by atoms with Crippen LogP contribution < -0.4 is 4.90 Å². The molecule has 2 unspecified atom stereocenters. The Bertz CT molecular complexity index is 965. The minimum atomic E-state index is 0.0218. The molecule has 1 fully saturated rings. The molecule has 1 saturated carbocycles. The standard InChI is InChI=1S/C28H30ClNO/c1-21(30(26-14-6-3-7-15-26)28(31)24-12-8-9-13-24)27(23-10-4-2-5-11-23)20-22-16-18-25(29)19-17-22/h2-7,10-11,14-19,21,24,27H,8-9,12-13,20H2,1H3. The van der Waals surface area contributed by atoms with Gasteiger partial charge in [-0.15, -0.1) is 0 Å². The highest BCUT2D eigenvalue weighted by Gasteiger charge is 2.34. The summed E-state index contributed by atoms with van der Waals surface area (Å²) in [6.45, 7) is 2.20. The van der Waals surface area contributed by atoms with Gasteiger partial charge in [0.05, 0.1) is 0 Å². The molecule has 1 aliphatic rings. The van der Waals surface area contributed by atoms with Gasteiger partial charge in [-0.2, -0.15) is 0 Å². The maximum absolute atomic E-state index is 13.7. The summed E-state index contributed by atoms with van der Waals surface area (Å²) in [6.07, 6.45) is 5.16. The minimum absolute atomic E-state index is 0.0218. The summed E-state index contributed by atoms with van der Waals surface area (Å²) in [6, 6.07) is 28.9. The highest BCUT2D eigenvalue weighted by molar-refractivity contribution is 6.30. The van der Waals surface area contributed by atoms with Gasteiger partial charge in [0, 0.05) is 28.6 Å². The van der Waals surface area contributed by atoms with Crippen LogP contribution >= 0.6 is 11.6 Å². The van der Waals surface area contributed by atoms with Gasteiger partial charge in [0.15, 0.2) is 0 Å². The molecule has 0 N–H and O–H groups in total. The van der Waals surface area contributed by atoms with Crippen LogP contribution in [-0.4, -0.2) is 11.9 Å². The van der Waals surface area contributed by atoms with Gasteiger partial charge in [-0.25, -0.2) is 0 Å². The van der Waals surface area contributed by atoms with Gasteiger partial charge in [0.25, 0.3) is 0 Å². The summed E-state index contributed by atoms with van der Waals surface area (Å²) in [5.74, 6) is 0.579. The molecule has 160 valence electrons. The van der Waals surface area contributed by atoms with Crippen molar-refractivity contribution in [3.05, 3.63) is 101 Å². The van der Waals surface area contributed by atoms with Gasteiger partial charge in [-0.1, -0.05) is 85.1 Å². The predicted molar refractivity (Wildman–Crippen MR) is 130 cm³/mol. The van der Waals surface area contributed by atoms with Crippen LogP contribution in [0.5, 0.6) is 0 Å². The van der Waals surface area contributed by atoms with Crippen molar-refractivity contribution < 1.29 is 4.79 Å². The predicted octanol–water partition coefficient (Wildman–Crippen LogP) is 7.28. The first kappa shape index (κ1) is 21.6. The number of rotatable bonds is 7. The average molecular weight is 432 g/mol. The van der Waals surface area contributed by atoms with Crippen molar-refractivity contribution in [1.82, 2.24) is 0 Å². The van der Waals surface area contributed by atoms with Crippen LogP contribution in [-0.2, 0) is 11.2 Å². The van der Waals surface area contributed by atoms with Crippen molar-refractivity contribution in [2.45, 2.75) is 51.0 Å². The maximum atomic E-state index is 13.7. The highest BCUT2D eigenvalue weighted by Crippen LogP contribution is 2.35. The van der Waals surface area contributed by atoms with E-state index in [0.29, 0.717) is 0 Å². The Balaban J connectivity index is 1.71. The summed E-state index contributed by atoms with van der Waals surface area (Å²) in [7, 11) is 0. The van der Waals surface area contributed by atoms with E-state index in [0.717, 1.165) is 42.8 Å². The number of carbonyl (C=O) groups excluding carboxylic acids is 1. The summed E-state index contributed by atoms with van der Waals surface area (Å²) in [5, 5.41) is 0.746.